The van der Waals surface area contributed by atoms with Crippen molar-refractivity contribution in [1.29, 1.82) is 0 Å². The van der Waals surface area contributed by atoms with Gasteiger partial charge in [0.2, 0.25) is 11.4 Å². The molecule has 1 fully saturated rings. The SMILES string of the molecule is COc1cc2c(c3oc(-c4ccccc4)cc(=O)c13)C1(OC(C)=O)C(=O)C(C)(C)OC1CO2. The van der Waals surface area contributed by atoms with Gasteiger partial charge in [0, 0.05) is 24.6 Å². The highest BCUT2D eigenvalue weighted by molar-refractivity contribution is 6.04. The summed E-state index contributed by atoms with van der Waals surface area (Å²) < 4.78 is 29.3. The van der Waals surface area contributed by atoms with Gasteiger partial charge in [-0.05, 0) is 13.8 Å². The first kappa shape index (κ1) is 21.2. The molecule has 2 aliphatic rings. The second-order valence-corrected chi connectivity index (χ2v) is 8.58. The monoisotopic (exact) mass is 450 g/mol. The van der Waals surface area contributed by atoms with Crippen molar-refractivity contribution in [2.24, 2.45) is 0 Å². The van der Waals surface area contributed by atoms with E-state index < -0.39 is 29.1 Å². The van der Waals surface area contributed by atoms with Crippen molar-refractivity contribution in [3.05, 3.63) is 58.3 Å². The number of esters is 1. The van der Waals surface area contributed by atoms with Crippen molar-refractivity contribution in [3.8, 4) is 22.8 Å². The quantitative estimate of drug-likeness (QED) is 0.560. The second kappa shape index (κ2) is 7.18. The number of fused-ring (bicyclic) bond motifs is 5. The zero-order valence-corrected chi connectivity index (χ0v) is 18.6. The van der Waals surface area contributed by atoms with E-state index in [9.17, 15) is 14.4 Å². The molecular formula is C25H22O8. The predicted molar refractivity (Wildman–Crippen MR) is 117 cm³/mol. The van der Waals surface area contributed by atoms with Crippen LogP contribution in [-0.4, -0.2) is 37.2 Å². The van der Waals surface area contributed by atoms with E-state index >= 15 is 0 Å². The average molecular weight is 450 g/mol. The second-order valence-electron chi connectivity index (χ2n) is 8.58. The average Bonchev–Trinajstić information content (AvgIpc) is 2.98. The summed E-state index contributed by atoms with van der Waals surface area (Å²) >= 11 is 0. The van der Waals surface area contributed by atoms with Gasteiger partial charge >= 0.3 is 5.97 Å². The zero-order valence-electron chi connectivity index (χ0n) is 18.6. The molecule has 2 unspecified atom stereocenters. The maximum absolute atomic E-state index is 13.7. The van der Waals surface area contributed by atoms with E-state index in [1.807, 2.05) is 18.2 Å². The highest BCUT2D eigenvalue weighted by Gasteiger charge is 2.67. The Kier molecular flexibility index (Phi) is 4.61. The number of Topliss-reactive ketones (excluding diaryl/α,β-unsaturated/α-hetero) is 1. The molecule has 1 aromatic heterocycles. The lowest BCUT2D eigenvalue weighted by atomic mass is 9.79. The van der Waals surface area contributed by atoms with Crippen molar-refractivity contribution >= 4 is 22.7 Å². The third kappa shape index (κ3) is 2.97. The van der Waals surface area contributed by atoms with Crippen molar-refractivity contribution in [3.63, 3.8) is 0 Å². The molecule has 8 heteroatoms. The first-order chi connectivity index (χ1) is 15.7. The van der Waals surface area contributed by atoms with Crippen LogP contribution in [0, 0.1) is 0 Å². The number of ether oxygens (including phenoxy) is 4. The maximum atomic E-state index is 13.7. The molecule has 1 saturated heterocycles. The topological polar surface area (TPSA) is 101 Å². The highest BCUT2D eigenvalue weighted by Crippen LogP contribution is 2.53. The van der Waals surface area contributed by atoms with Gasteiger partial charge in [-0.25, -0.2) is 0 Å². The predicted octanol–water partition coefficient (Wildman–Crippen LogP) is 3.37. The Morgan fingerprint density at radius 2 is 1.85 bits per heavy atom. The van der Waals surface area contributed by atoms with E-state index in [2.05, 4.69) is 0 Å². The summed E-state index contributed by atoms with van der Waals surface area (Å²) in [5, 5.41) is 0.115. The Labute approximate surface area is 189 Å². The molecule has 0 N–H and O–H groups in total. The molecule has 0 aliphatic carbocycles. The maximum Gasteiger partial charge on any atom is 0.304 e. The number of ketones is 1. The molecular weight excluding hydrogens is 428 g/mol. The number of methoxy groups -OCH3 is 1. The number of carbonyl (C=O) groups is 2. The molecule has 0 amide bonds. The number of benzene rings is 2. The third-order valence-corrected chi connectivity index (χ3v) is 6.05. The Bertz CT molecular complexity index is 1350. The minimum Gasteiger partial charge on any atom is -0.496 e. The lowest BCUT2D eigenvalue weighted by Gasteiger charge is -2.37. The van der Waals surface area contributed by atoms with Crippen molar-refractivity contribution in [2.75, 3.05) is 13.7 Å². The molecule has 0 spiro atoms. The fourth-order valence-electron chi connectivity index (χ4n) is 4.72. The molecule has 3 heterocycles. The normalized spacial score (nSPS) is 22.9. The largest absolute Gasteiger partial charge is 0.496 e. The molecule has 170 valence electrons. The van der Waals surface area contributed by atoms with Crippen LogP contribution in [0.15, 0.2) is 51.7 Å². The molecule has 0 saturated carbocycles. The van der Waals surface area contributed by atoms with E-state index in [0.717, 1.165) is 0 Å². The molecule has 8 nitrogen and oxygen atoms in total. The fourth-order valence-corrected chi connectivity index (χ4v) is 4.72. The molecule has 3 aromatic rings. The van der Waals surface area contributed by atoms with Gasteiger partial charge in [0.15, 0.2) is 11.0 Å². The summed E-state index contributed by atoms with van der Waals surface area (Å²) in [5.74, 6) is -0.402. The molecule has 2 atom stereocenters. The van der Waals surface area contributed by atoms with Crippen LogP contribution in [0.5, 0.6) is 11.5 Å². The Balaban J connectivity index is 1.92. The van der Waals surface area contributed by atoms with Gasteiger partial charge < -0.3 is 23.4 Å². The highest BCUT2D eigenvalue weighted by atomic mass is 16.6. The summed E-state index contributed by atoms with van der Waals surface area (Å²) in [7, 11) is 1.42. The van der Waals surface area contributed by atoms with Crippen LogP contribution < -0.4 is 14.9 Å². The van der Waals surface area contributed by atoms with E-state index in [1.165, 1.54) is 26.2 Å². The van der Waals surface area contributed by atoms with Crippen molar-refractivity contribution in [2.45, 2.75) is 38.1 Å². The Hall–Kier alpha value is -3.65. The number of carbonyl (C=O) groups excluding carboxylic acids is 2. The number of hydrogen-bond donors (Lipinski definition) is 0. The third-order valence-electron chi connectivity index (χ3n) is 6.05. The molecule has 2 aromatic carbocycles. The summed E-state index contributed by atoms with van der Waals surface area (Å²) in [6.45, 7) is 4.40. The smallest absolute Gasteiger partial charge is 0.304 e. The van der Waals surface area contributed by atoms with Crippen LogP contribution >= 0.6 is 0 Å². The lowest BCUT2D eigenvalue weighted by molar-refractivity contribution is -0.174. The van der Waals surface area contributed by atoms with Gasteiger partial charge in [-0.15, -0.1) is 0 Å². The lowest BCUT2D eigenvalue weighted by Crippen LogP contribution is -2.51. The molecule has 5 rings (SSSR count). The minimum atomic E-state index is -1.83. The van der Waals surface area contributed by atoms with Gasteiger partial charge in [-0.1, -0.05) is 30.3 Å². The van der Waals surface area contributed by atoms with Crippen LogP contribution in [-0.2, 0) is 24.7 Å². The molecule has 0 radical (unpaired) electrons. The minimum absolute atomic E-state index is 0.0350. The van der Waals surface area contributed by atoms with Gasteiger partial charge in [0.05, 0.1) is 12.7 Å². The summed E-state index contributed by atoms with van der Waals surface area (Å²) in [6, 6.07) is 11.9. The van der Waals surface area contributed by atoms with Crippen LogP contribution in [0.2, 0.25) is 0 Å². The van der Waals surface area contributed by atoms with Crippen LogP contribution in [0.1, 0.15) is 26.3 Å². The van der Waals surface area contributed by atoms with Crippen LogP contribution in [0.3, 0.4) is 0 Å². The molecule has 2 aliphatic heterocycles. The van der Waals surface area contributed by atoms with Gasteiger partial charge in [0.1, 0.15) is 41.0 Å². The summed E-state index contributed by atoms with van der Waals surface area (Å²) in [5.41, 5.74) is -2.60. The van der Waals surface area contributed by atoms with Gasteiger partial charge in [-0.2, -0.15) is 0 Å². The molecule has 33 heavy (non-hydrogen) atoms. The standard InChI is InChI=1S/C25H22O8/c1-13(26)32-25-19(33-24(2,3)23(25)28)12-30-18-11-17(29-4)20-15(27)10-16(31-22(20)21(18)25)14-8-6-5-7-9-14/h5-11,19H,12H2,1-4H3. The summed E-state index contributed by atoms with van der Waals surface area (Å²) in [4.78, 5) is 39.2. The van der Waals surface area contributed by atoms with Crippen LogP contribution in [0.4, 0.5) is 0 Å². The Morgan fingerprint density at radius 3 is 2.52 bits per heavy atom. The summed E-state index contributed by atoms with van der Waals surface area (Å²) in [6.07, 6.45) is -0.918. The van der Waals surface area contributed by atoms with Gasteiger partial charge in [0.25, 0.3) is 0 Å². The van der Waals surface area contributed by atoms with E-state index in [4.69, 9.17) is 23.4 Å². The van der Waals surface area contributed by atoms with E-state index in [0.29, 0.717) is 5.56 Å². The van der Waals surface area contributed by atoms with Crippen molar-refractivity contribution < 1.29 is 33.0 Å². The van der Waals surface area contributed by atoms with Gasteiger partial charge in [-0.3, -0.25) is 14.4 Å². The zero-order chi connectivity index (χ0) is 23.5. The van der Waals surface area contributed by atoms with Crippen molar-refractivity contribution in [1.82, 2.24) is 0 Å². The van der Waals surface area contributed by atoms with E-state index in [1.54, 1.807) is 26.0 Å². The van der Waals surface area contributed by atoms with Crippen LogP contribution in [0.25, 0.3) is 22.3 Å². The molecule has 0 bridgehead atoms. The first-order valence-electron chi connectivity index (χ1n) is 10.5. The number of hydrogen-bond acceptors (Lipinski definition) is 8. The van der Waals surface area contributed by atoms with E-state index in [-0.39, 0.29) is 45.8 Å². The first-order valence-corrected chi connectivity index (χ1v) is 10.5. The Morgan fingerprint density at radius 1 is 1.12 bits per heavy atom. The fraction of sp³-hybridized carbons (Fsp3) is 0.320. The number of rotatable bonds is 3.